The molecule has 6 heteroatoms. The van der Waals surface area contributed by atoms with E-state index in [9.17, 15) is 0 Å². The Morgan fingerprint density at radius 3 is 2.64 bits per heavy atom. The van der Waals surface area contributed by atoms with Crippen LogP contribution in [0.2, 0.25) is 0 Å². The molecule has 1 N–H and O–H groups in total. The second-order valence-electron chi connectivity index (χ2n) is 7.94. The second kappa shape index (κ2) is 10.3. The minimum absolute atomic E-state index is 0. The quantitative estimate of drug-likeness (QED) is 0.386. The van der Waals surface area contributed by atoms with Crippen LogP contribution >= 0.6 is 24.0 Å². The number of hydrogen-bond donors (Lipinski definition) is 1. The van der Waals surface area contributed by atoms with Crippen LogP contribution in [-0.2, 0) is 4.74 Å². The van der Waals surface area contributed by atoms with Gasteiger partial charge in [-0.3, -0.25) is 4.99 Å². The van der Waals surface area contributed by atoms with Crippen molar-refractivity contribution in [2.75, 3.05) is 53.0 Å². The van der Waals surface area contributed by atoms with E-state index in [0.717, 1.165) is 57.9 Å². The maximum Gasteiger partial charge on any atom is 0.193 e. The molecule has 2 aliphatic heterocycles. The Morgan fingerprint density at radius 2 is 1.96 bits per heavy atom. The number of guanidine groups is 1. The lowest BCUT2D eigenvalue weighted by Crippen LogP contribution is -2.42. The molecule has 3 fully saturated rings. The first-order valence-corrected chi connectivity index (χ1v) is 10.0. The van der Waals surface area contributed by atoms with Crippen LogP contribution in [0.15, 0.2) is 4.99 Å². The van der Waals surface area contributed by atoms with E-state index < -0.39 is 0 Å². The van der Waals surface area contributed by atoms with E-state index in [4.69, 9.17) is 9.73 Å². The largest absolute Gasteiger partial charge is 0.381 e. The highest BCUT2D eigenvalue weighted by atomic mass is 127. The van der Waals surface area contributed by atoms with E-state index in [2.05, 4.69) is 29.1 Å². The topological polar surface area (TPSA) is 40.1 Å². The first kappa shape index (κ1) is 21.2. The van der Waals surface area contributed by atoms with Gasteiger partial charge in [-0.05, 0) is 51.5 Å². The second-order valence-corrected chi connectivity index (χ2v) is 7.94. The molecule has 1 spiro atoms. The van der Waals surface area contributed by atoms with Gasteiger partial charge in [0, 0.05) is 45.4 Å². The third-order valence-electron chi connectivity index (χ3n) is 6.29. The maximum atomic E-state index is 5.57. The molecular formula is C19H37IN4O. The number of rotatable bonds is 5. The lowest BCUT2D eigenvalue weighted by atomic mass is 9.80. The third kappa shape index (κ3) is 5.70. The lowest BCUT2D eigenvalue weighted by molar-refractivity contribution is 0.0217. The van der Waals surface area contributed by atoms with Gasteiger partial charge in [-0.15, -0.1) is 24.0 Å². The summed E-state index contributed by atoms with van der Waals surface area (Å²) in [5.74, 6) is 1.13. The van der Waals surface area contributed by atoms with Crippen molar-refractivity contribution in [3.63, 3.8) is 0 Å². The number of aliphatic imine (C=N–C) groups is 1. The minimum Gasteiger partial charge on any atom is -0.381 e. The van der Waals surface area contributed by atoms with Crippen LogP contribution in [0.25, 0.3) is 0 Å². The van der Waals surface area contributed by atoms with Gasteiger partial charge in [0.25, 0.3) is 0 Å². The SMILES string of the molecule is CCNC(=NCCN(C)C1CCCC1)N1CCC2(CCOCC2)C1.I. The van der Waals surface area contributed by atoms with Gasteiger partial charge in [0.1, 0.15) is 0 Å². The van der Waals surface area contributed by atoms with E-state index >= 15 is 0 Å². The molecule has 1 saturated carbocycles. The molecule has 146 valence electrons. The van der Waals surface area contributed by atoms with Crippen LogP contribution in [0.5, 0.6) is 0 Å². The monoisotopic (exact) mass is 464 g/mol. The van der Waals surface area contributed by atoms with Crippen molar-refractivity contribution in [1.29, 1.82) is 0 Å². The first-order valence-electron chi connectivity index (χ1n) is 10.0. The van der Waals surface area contributed by atoms with Gasteiger partial charge in [-0.25, -0.2) is 0 Å². The molecule has 2 heterocycles. The molecule has 1 aliphatic carbocycles. The highest BCUT2D eigenvalue weighted by Gasteiger charge is 2.40. The molecule has 0 aromatic heterocycles. The van der Waals surface area contributed by atoms with Crippen LogP contribution in [0, 0.1) is 5.41 Å². The molecular weight excluding hydrogens is 427 g/mol. The van der Waals surface area contributed by atoms with Crippen molar-refractivity contribution in [2.24, 2.45) is 10.4 Å². The fraction of sp³-hybridized carbons (Fsp3) is 0.947. The summed E-state index contributed by atoms with van der Waals surface area (Å²) in [5.41, 5.74) is 0.481. The molecule has 5 nitrogen and oxygen atoms in total. The molecule has 2 saturated heterocycles. The number of nitrogens with zero attached hydrogens (tertiary/aromatic N) is 3. The van der Waals surface area contributed by atoms with Crippen LogP contribution in [-0.4, -0.2) is 74.8 Å². The van der Waals surface area contributed by atoms with Crippen LogP contribution in [0.1, 0.15) is 51.9 Å². The fourth-order valence-corrected chi connectivity index (χ4v) is 4.60. The molecule has 0 unspecified atom stereocenters. The summed E-state index contributed by atoms with van der Waals surface area (Å²) in [6.45, 7) is 9.27. The van der Waals surface area contributed by atoms with E-state index in [1.54, 1.807) is 0 Å². The molecule has 0 aromatic carbocycles. The van der Waals surface area contributed by atoms with Crippen molar-refractivity contribution >= 4 is 29.9 Å². The molecule has 0 amide bonds. The van der Waals surface area contributed by atoms with Crippen LogP contribution < -0.4 is 5.32 Å². The molecule has 3 aliphatic rings. The number of nitrogens with one attached hydrogen (secondary N) is 1. The van der Waals surface area contributed by atoms with Gasteiger partial charge in [0.2, 0.25) is 0 Å². The number of likely N-dealkylation sites (tertiary alicyclic amines) is 1. The van der Waals surface area contributed by atoms with Gasteiger partial charge in [-0.2, -0.15) is 0 Å². The summed E-state index contributed by atoms with van der Waals surface area (Å²) < 4.78 is 5.57. The average molecular weight is 464 g/mol. The molecule has 0 aromatic rings. The third-order valence-corrected chi connectivity index (χ3v) is 6.29. The Bertz CT molecular complexity index is 420. The lowest BCUT2D eigenvalue weighted by Gasteiger charge is -2.33. The predicted octanol–water partition coefficient (Wildman–Crippen LogP) is 2.95. The summed E-state index contributed by atoms with van der Waals surface area (Å²) in [5, 5.41) is 3.52. The number of halogens is 1. The maximum absolute atomic E-state index is 5.57. The number of ether oxygens (including phenoxy) is 1. The molecule has 0 atom stereocenters. The summed E-state index contributed by atoms with van der Waals surface area (Å²) in [6.07, 6.45) is 9.28. The highest BCUT2D eigenvalue weighted by molar-refractivity contribution is 14.0. The fourth-order valence-electron chi connectivity index (χ4n) is 4.60. The van der Waals surface area contributed by atoms with Crippen LogP contribution in [0.3, 0.4) is 0 Å². The molecule has 3 rings (SSSR count). The Kier molecular flexibility index (Phi) is 8.75. The van der Waals surface area contributed by atoms with Gasteiger partial charge in [0.05, 0.1) is 6.54 Å². The van der Waals surface area contributed by atoms with Gasteiger partial charge >= 0.3 is 0 Å². The molecule has 0 bridgehead atoms. The Balaban J connectivity index is 0.00000225. The predicted molar refractivity (Wildman–Crippen MR) is 115 cm³/mol. The summed E-state index contributed by atoms with van der Waals surface area (Å²) >= 11 is 0. The standard InChI is InChI=1S/C19H36N4O.HI/c1-3-20-18(21-11-13-22(2)17-6-4-5-7-17)23-12-8-19(16-23)9-14-24-15-10-19;/h17H,3-16H2,1-2H3,(H,20,21);1H. The van der Waals surface area contributed by atoms with E-state index in [1.807, 2.05) is 0 Å². The van der Waals surface area contributed by atoms with Gasteiger partial charge in [0.15, 0.2) is 5.96 Å². The zero-order chi connectivity index (χ0) is 16.8. The van der Waals surface area contributed by atoms with Crippen molar-refractivity contribution in [3.05, 3.63) is 0 Å². The van der Waals surface area contributed by atoms with E-state index in [-0.39, 0.29) is 24.0 Å². The molecule has 0 radical (unpaired) electrons. The average Bonchev–Trinajstić information content (AvgIpc) is 3.25. The van der Waals surface area contributed by atoms with Crippen molar-refractivity contribution in [3.8, 4) is 0 Å². The first-order chi connectivity index (χ1) is 11.7. The highest BCUT2D eigenvalue weighted by Crippen LogP contribution is 2.39. The number of likely N-dealkylation sites (N-methyl/N-ethyl adjacent to an activating group) is 1. The van der Waals surface area contributed by atoms with Gasteiger partial charge < -0.3 is 19.9 Å². The summed E-state index contributed by atoms with van der Waals surface area (Å²) in [7, 11) is 2.27. The van der Waals surface area contributed by atoms with Crippen LogP contribution in [0.4, 0.5) is 0 Å². The van der Waals surface area contributed by atoms with Crippen molar-refractivity contribution in [2.45, 2.75) is 57.9 Å². The summed E-state index contributed by atoms with van der Waals surface area (Å²) in [4.78, 5) is 9.95. The summed E-state index contributed by atoms with van der Waals surface area (Å²) in [6, 6.07) is 0.792. The minimum atomic E-state index is 0. The zero-order valence-corrected chi connectivity index (χ0v) is 18.5. The van der Waals surface area contributed by atoms with E-state index in [1.165, 1.54) is 44.9 Å². The Hall–Kier alpha value is -0.0800. The number of hydrogen-bond acceptors (Lipinski definition) is 3. The smallest absolute Gasteiger partial charge is 0.193 e. The Morgan fingerprint density at radius 1 is 1.24 bits per heavy atom. The molecule has 25 heavy (non-hydrogen) atoms. The van der Waals surface area contributed by atoms with E-state index in [0.29, 0.717) is 5.41 Å². The zero-order valence-electron chi connectivity index (χ0n) is 16.1. The van der Waals surface area contributed by atoms with Crippen molar-refractivity contribution < 1.29 is 4.74 Å². The van der Waals surface area contributed by atoms with Gasteiger partial charge in [-0.1, -0.05) is 12.8 Å². The van der Waals surface area contributed by atoms with Crippen molar-refractivity contribution in [1.82, 2.24) is 15.1 Å². The Labute approximate surface area is 171 Å². The normalized spacial score (nSPS) is 24.1.